The van der Waals surface area contributed by atoms with Gasteiger partial charge < -0.3 is 9.47 Å². The van der Waals surface area contributed by atoms with Crippen LogP contribution in [-0.2, 0) is 13.0 Å². The van der Waals surface area contributed by atoms with E-state index in [1.807, 2.05) is 31.5 Å². The molecule has 0 aliphatic carbocycles. The summed E-state index contributed by atoms with van der Waals surface area (Å²) in [6.07, 6.45) is 4.89. The molecule has 3 rings (SSSR count). The van der Waals surface area contributed by atoms with Crippen LogP contribution in [0.2, 0.25) is 0 Å². The zero-order valence-electron chi connectivity index (χ0n) is 12.0. The van der Waals surface area contributed by atoms with Crippen LogP contribution in [-0.4, -0.2) is 28.4 Å². The zero-order valence-corrected chi connectivity index (χ0v) is 12.0. The number of Topliss-reactive ketones (excluding diaryl/α,β-unsaturated/α-hetero) is 1. The highest BCUT2D eigenvalue weighted by Crippen LogP contribution is 2.28. The fraction of sp³-hybridized carbons (Fsp3) is 0.375. The van der Waals surface area contributed by atoms with Gasteiger partial charge in [0.1, 0.15) is 5.82 Å². The van der Waals surface area contributed by atoms with Crippen molar-refractivity contribution < 1.29 is 4.79 Å². The van der Waals surface area contributed by atoms with Crippen LogP contribution in [0.5, 0.6) is 0 Å². The number of hydrogen-bond acceptors (Lipinski definition) is 3. The van der Waals surface area contributed by atoms with Crippen molar-refractivity contribution in [2.75, 3.05) is 18.0 Å². The largest absolute Gasteiger partial charge is 0.369 e. The third-order valence-electron chi connectivity index (χ3n) is 4.01. The second-order valence-electron chi connectivity index (χ2n) is 5.30. The molecule has 1 aliphatic heterocycles. The number of fused-ring (bicyclic) bond motifs is 1. The van der Waals surface area contributed by atoms with Gasteiger partial charge in [-0.15, -0.1) is 0 Å². The van der Waals surface area contributed by atoms with Gasteiger partial charge in [-0.05, 0) is 44.0 Å². The van der Waals surface area contributed by atoms with Crippen molar-refractivity contribution in [1.82, 2.24) is 9.55 Å². The Balaban J connectivity index is 1.73. The minimum Gasteiger partial charge on any atom is -0.369 e. The normalized spacial score (nSPS) is 13.6. The summed E-state index contributed by atoms with van der Waals surface area (Å²) < 4.78 is 2.17. The molecule has 4 nitrogen and oxygen atoms in total. The average molecular weight is 269 g/mol. The highest BCUT2D eigenvalue weighted by Gasteiger charge is 2.19. The molecular formula is C16H19N3O. The van der Waals surface area contributed by atoms with Crippen molar-refractivity contribution in [2.45, 2.75) is 26.8 Å². The smallest absolute Gasteiger partial charge is 0.159 e. The zero-order chi connectivity index (χ0) is 14.1. The van der Waals surface area contributed by atoms with Crippen LogP contribution in [0.1, 0.15) is 28.7 Å². The lowest BCUT2D eigenvalue weighted by Gasteiger charge is -2.20. The van der Waals surface area contributed by atoms with E-state index in [4.69, 9.17) is 0 Å². The molecule has 0 spiro atoms. The number of anilines is 1. The fourth-order valence-electron chi connectivity index (χ4n) is 2.79. The first-order valence-corrected chi connectivity index (χ1v) is 7.01. The molecule has 0 saturated carbocycles. The first kappa shape index (κ1) is 12.9. The number of imidazole rings is 1. The van der Waals surface area contributed by atoms with Gasteiger partial charge in [-0.2, -0.15) is 0 Å². The van der Waals surface area contributed by atoms with Crippen molar-refractivity contribution in [2.24, 2.45) is 0 Å². The summed E-state index contributed by atoms with van der Waals surface area (Å²) >= 11 is 0. The van der Waals surface area contributed by atoms with E-state index in [-0.39, 0.29) is 5.78 Å². The Labute approximate surface area is 119 Å². The first-order chi connectivity index (χ1) is 9.65. The second kappa shape index (κ2) is 5.12. The number of nitrogens with zero attached hydrogens (tertiary/aromatic N) is 3. The van der Waals surface area contributed by atoms with E-state index in [9.17, 15) is 4.79 Å². The van der Waals surface area contributed by atoms with Gasteiger partial charge in [0, 0.05) is 43.3 Å². The van der Waals surface area contributed by atoms with Crippen LogP contribution in [0, 0.1) is 6.92 Å². The molecule has 0 radical (unpaired) electrons. The number of benzene rings is 1. The van der Waals surface area contributed by atoms with Gasteiger partial charge in [0.25, 0.3) is 0 Å². The van der Waals surface area contributed by atoms with Gasteiger partial charge in [0.15, 0.2) is 5.78 Å². The SMILES string of the molecule is CC(=O)c1ccc2c(c1)CCN2CCn1ccnc1C. The number of rotatable bonds is 4. The molecule has 0 atom stereocenters. The van der Waals surface area contributed by atoms with E-state index < -0.39 is 0 Å². The highest BCUT2D eigenvalue weighted by atomic mass is 16.1. The van der Waals surface area contributed by atoms with Crippen molar-refractivity contribution in [1.29, 1.82) is 0 Å². The first-order valence-electron chi connectivity index (χ1n) is 7.01. The molecule has 1 aromatic heterocycles. The molecule has 0 saturated heterocycles. The topological polar surface area (TPSA) is 38.1 Å². The molecule has 2 heterocycles. The third kappa shape index (κ3) is 2.33. The molecule has 20 heavy (non-hydrogen) atoms. The van der Waals surface area contributed by atoms with E-state index in [0.29, 0.717) is 0 Å². The molecule has 0 N–H and O–H groups in total. The van der Waals surface area contributed by atoms with Crippen molar-refractivity contribution >= 4 is 11.5 Å². The summed E-state index contributed by atoms with van der Waals surface area (Å²) in [6.45, 7) is 6.60. The molecule has 1 aliphatic rings. The van der Waals surface area contributed by atoms with Crippen LogP contribution < -0.4 is 4.90 Å². The number of carbonyl (C=O) groups excluding carboxylic acids is 1. The highest BCUT2D eigenvalue weighted by molar-refractivity contribution is 5.94. The Hall–Kier alpha value is -2.10. The van der Waals surface area contributed by atoms with Crippen LogP contribution >= 0.6 is 0 Å². The fourth-order valence-corrected chi connectivity index (χ4v) is 2.79. The van der Waals surface area contributed by atoms with Crippen molar-refractivity contribution in [3.63, 3.8) is 0 Å². The molecule has 4 heteroatoms. The predicted molar refractivity (Wildman–Crippen MR) is 79.3 cm³/mol. The number of aromatic nitrogens is 2. The Morgan fingerprint density at radius 1 is 1.35 bits per heavy atom. The number of ketones is 1. The maximum Gasteiger partial charge on any atom is 0.159 e. The quantitative estimate of drug-likeness (QED) is 0.800. The lowest BCUT2D eigenvalue weighted by atomic mass is 10.1. The molecule has 104 valence electrons. The van der Waals surface area contributed by atoms with Crippen LogP contribution in [0.15, 0.2) is 30.6 Å². The molecule has 1 aromatic carbocycles. The van der Waals surface area contributed by atoms with Gasteiger partial charge in [-0.3, -0.25) is 4.79 Å². The number of hydrogen-bond donors (Lipinski definition) is 0. The van der Waals surface area contributed by atoms with Crippen LogP contribution in [0.3, 0.4) is 0 Å². The van der Waals surface area contributed by atoms with E-state index in [1.54, 1.807) is 6.92 Å². The van der Waals surface area contributed by atoms with Gasteiger partial charge in [0.2, 0.25) is 0 Å². The molecule has 0 bridgehead atoms. The number of aryl methyl sites for hydroxylation is 1. The van der Waals surface area contributed by atoms with E-state index in [0.717, 1.165) is 37.4 Å². The van der Waals surface area contributed by atoms with Gasteiger partial charge >= 0.3 is 0 Å². The van der Waals surface area contributed by atoms with Crippen molar-refractivity contribution in [3.05, 3.63) is 47.5 Å². The summed E-state index contributed by atoms with van der Waals surface area (Å²) in [6, 6.07) is 6.06. The summed E-state index contributed by atoms with van der Waals surface area (Å²) in [7, 11) is 0. The van der Waals surface area contributed by atoms with Gasteiger partial charge in [-0.25, -0.2) is 4.98 Å². The summed E-state index contributed by atoms with van der Waals surface area (Å²) in [5.41, 5.74) is 3.38. The Morgan fingerprint density at radius 2 is 2.20 bits per heavy atom. The predicted octanol–water partition coefficient (Wildman–Crippen LogP) is 2.46. The number of carbonyl (C=O) groups is 1. The van der Waals surface area contributed by atoms with Gasteiger partial charge in [-0.1, -0.05) is 0 Å². The van der Waals surface area contributed by atoms with E-state index in [1.165, 1.54) is 11.3 Å². The maximum absolute atomic E-state index is 11.4. The van der Waals surface area contributed by atoms with E-state index >= 15 is 0 Å². The Bertz CT molecular complexity index is 645. The molecule has 0 amide bonds. The van der Waals surface area contributed by atoms with Crippen LogP contribution in [0.25, 0.3) is 0 Å². The van der Waals surface area contributed by atoms with Gasteiger partial charge in [0.05, 0.1) is 0 Å². The standard InChI is InChI=1S/C16H19N3O/c1-12(20)14-3-4-16-15(11-14)5-7-19(16)10-9-18-8-6-17-13(18)2/h3-4,6,8,11H,5,7,9-10H2,1-2H3. The molecule has 2 aromatic rings. The second-order valence-corrected chi connectivity index (χ2v) is 5.30. The lowest BCUT2D eigenvalue weighted by Crippen LogP contribution is -2.25. The third-order valence-corrected chi connectivity index (χ3v) is 4.01. The molecule has 0 fully saturated rings. The Kier molecular flexibility index (Phi) is 3.30. The maximum atomic E-state index is 11.4. The summed E-state index contributed by atoms with van der Waals surface area (Å²) in [5, 5.41) is 0. The van der Waals surface area contributed by atoms with Crippen LogP contribution in [0.4, 0.5) is 5.69 Å². The monoisotopic (exact) mass is 269 g/mol. The summed E-state index contributed by atoms with van der Waals surface area (Å²) in [5.74, 6) is 1.19. The lowest BCUT2D eigenvalue weighted by molar-refractivity contribution is 0.101. The van der Waals surface area contributed by atoms with Crippen molar-refractivity contribution in [3.8, 4) is 0 Å². The minimum atomic E-state index is 0.139. The summed E-state index contributed by atoms with van der Waals surface area (Å²) in [4.78, 5) is 18.1. The Morgan fingerprint density at radius 3 is 2.90 bits per heavy atom. The minimum absolute atomic E-state index is 0.139. The van der Waals surface area contributed by atoms with E-state index in [2.05, 4.69) is 20.5 Å². The average Bonchev–Trinajstić information content (AvgIpc) is 3.02. The molecular weight excluding hydrogens is 250 g/mol. The molecule has 0 unspecified atom stereocenters.